The molecule has 1 amide bonds. The Labute approximate surface area is 184 Å². The number of hydrogen-bond donors (Lipinski definition) is 0. The first-order valence-corrected chi connectivity index (χ1v) is 12.0. The maximum Gasteiger partial charge on any atom is 0.243 e. The first kappa shape index (κ1) is 23.4. The van der Waals surface area contributed by atoms with Gasteiger partial charge in [-0.2, -0.15) is 4.31 Å². The molecule has 1 aliphatic heterocycles. The van der Waals surface area contributed by atoms with Gasteiger partial charge in [0.2, 0.25) is 15.9 Å². The van der Waals surface area contributed by atoms with Gasteiger partial charge in [-0.05, 0) is 80.5 Å². The largest absolute Gasteiger partial charge is 0.341 e. The van der Waals surface area contributed by atoms with E-state index in [4.69, 9.17) is 0 Å². The molecule has 1 aliphatic rings. The van der Waals surface area contributed by atoms with Gasteiger partial charge < -0.3 is 4.90 Å². The third kappa shape index (κ3) is 4.83. The van der Waals surface area contributed by atoms with Gasteiger partial charge in [0, 0.05) is 32.6 Å². The number of carbonyl (C=O) groups is 1. The molecule has 2 aromatic carbocycles. The van der Waals surface area contributed by atoms with Crippen molar-refractivity contribution in [2.75, 3.05) is 20.1 Å². The number of piperidine rings is 1. The highest BCUT2D eigenvalue weighted by Crippen LogP contribution is 2.31. The minimum atomic E-state index is -3.62. The number of rotatable bonds is 5. The number of sulfonamides is 1. The molecule has 0 saturated carbocycles. The lowest BCUT2D eigenvalue weighted by Gasteiger charge is -2.33. The van der Waals surface area contributed by atoms with Crippen LogP contribution in [0.1, 0.15) is 40.7 Å². The zero-order chi connectivity index (χ0) is 22.9. The lowest BCUT2D eigenvalue weighted by atomic mass is 9.96. The second-order valence-corrected chi connectivity index (χ2v) is 10.5. The van der Waals surface area contributed by atoms with E-state index >= 15 is 0 Å². The number of aryl methyl sites for hydroxylation is 2. The Kier molecular flexibility index (Phi) is 6.86. The van der Waals surface area contributed by atoms with E-state index in [1.54, 1.807) is 24.1 Å². The van der Waals surface area contributed by atoms with Gasteiger partial charge in [0.15, 0.2) is 0 Å². The summed E-state index contributed by atoms with van der Waals surface area (Å²) in [6, 6.07) is 8.12. The van der Waals surface area contributed by atoms with E-state index in [-0.39, 0.29) is 17.6 Å². The van der Waals surface area contributed by atoms with Gasteiger partial charge in [-0.1, -0.05) is 18.2 Å². The molecule has 31 heavy (non-hydrogen) atoms. The number of hydrogen-bond acceptors (Lipinski definition) is 3. The normalized spacial score (nSPS) is 15.8. The molecule has 0 N–H and O–H groups in total. The third-order valence-corrected chi connectivity index (χ3v) is 8.58. The molecule has 5 nitrogen and oxygen atoms in total. The van der Waals surface area contributed by atoms with Gasteiger partial charge >= 0.3 is 0 Å². The van der Waals surface area contributed by atoms with Gasteiger partial charge in [0.05, 0.1) is 4.90 Å². The van der Waals surface area contributed by atoms with Gasteiger partial charge in [-0.25, -0.2) is 12.8 Å². The molecule has 3 rings (SSSR count). The highest BCUT2D eigenvalue weighted by atomic mass is 32.2. The van der Waals surface area contributed by atoms with E-state index in [1.165, 1.54) is 16.4 Å². The Hall–Kier alpha value is -2.25. The molecule has 168 valence electrons. The Morgan fingerprint density at radius 3 is 2.06 bits per heavy atom. The quantitative estimate of drug-likeness (QED) is 0.694. The highest BCUT2D eigenvalue weighted by Gasteiger charge is 2.35. The topological polar surface area (TPSA) is 57.7 Å². The fourth-order valence-electron chi connectivity index (χ4n) is 4.29. The van der Waals surface area contributed by atoms with Crippen LogP contribution in [0.25, 0.3) is 0 Å². The molecule has 0 aliphatic carbocycles. The van der Waals surface area contributed by atoms with Crippen molar-refractivity contribution in [1.82, 2.24) is 9.21 Å². The second kappa shape index (κ2) is 9.09. The molecule has 0 bridgehead atoms. The molecule has 1 heterocycles. The number of nitrogens with zero attached hydrogens (tertiary/aromatic N) is 2. The summed E-state index contributed by atoms with van der Waals surface area (Å²) in [5, 5.41) is 0. The minimum Gasteiger partial charge on any atom is -0.341 e. The standard InChI is InChI=1S/C24H31FN2O3S/c1-16-14-17(2)19(4)23(18(16)3)31(29,30)27-12-10-21(11-13-27)24(28)26(5)15-20-6-8-22(25)9-7-20/h6-9,14,21H,10-13,15H2,1-5H3. The summed E-state index contributed by atoms with van der Waals surface area (Å²) in [6.45, 7) is 8.64. The molecule has 0 atom stereocenters. The fourth-order valence-corrected chi connectivity index (χ4v) is 6.34. The molecule has 0 radical (unpaired) electrons. The maximum absolute atomic E-state index is 13.4. The molecule has 2 aromatic rings. The molecular weight excluding hydrogens is 415 g/mol. The Morgan fingerprint density at radius 2 is 1.55 bits per heavy atom. The molecule has 7 heteroatoms. The fraction of sp³-hybridized carbons (Fsp3) is 0.458. The summed E-state index contributed by atoms with van der Waals surface area (Å²) < 4.78 is 41.4. The van der Waals surface area contributed by atoms with E-state index in [1.807, 2.05) is 33.8 Å². The third-order valence-electron chi connectivity index (χ3n) is 6.41. The van der Waals surface area contributed by atoms with E-state index in [9.17, 15) is 17.6 Å². The van der Waals surface area contributed by atoms with Crippen molar-refractivity contribution in [1.29, 1.82) is 0 Å². The van der Waals surface area contributed by atoms with E-state index in [0.717, 1.165) is 27.8 Å². The van der Waals surface area contributed by atoms with Crippen LogP contribution in [0, 0.1) is 39.4 Å². The van der Waals surface area contributed by atoms with Crippen LogP contribution in [0.2, 0.25) is 0 Å². The zero-order valence-corrected chi connectivity index (χ0v) is 19.7. The number of benzene rings is 2. The minimum absolute atomic E-state index is 0.000124. The van der Waals surface area contributed by atoms with Crippen molar-refractivity contribution in [2.24, 2.45) is 5.92 Å². The Morgan fingerprint density at radius 1 is 1.03 bits per heavy atom. The number of amides is 1. The van der Waals surface area contributed by atoms with Crippen molar-refractivity contribution in [3.63, 3.8) is 0 Å². The second-order valence-electron chi connectivity index (χ2n) is 8.59. The van der Waals surface area contributed by atoms with Crippen LogP contribution in [-0.2, 0) is 21.4 Å². The van der Waals surface area contributed by atoms with E-state index in [2.05, 4.69) is 0 Å². The lowest BCUT2D eigenvalue weighted by molar-refractivity contribution is -0.135. The predicted molar refractivity (Wildman–Crippen MR) is 120 cm³/mol. The summed E-state index contributed by atoms with van der Waals surface area (Å²) >= 11 is 0. The summed E-state index contributed by atoms with van der Waals surface area (Å²) in [7, 11) is -1.88. The Bertz CT molecular complexity index is 1050. The van der Waals surface area contributed by atoms with Gasteiger partial charge in [0.25, 0.3) is 0 Å². The van der Waals surface area contributed by atoms with Crippen LogP contribution >= 0.6 is 0 Å². The van der Waals surface area contributed by atoms with Crippen LogP contribution in [-0.4, -0.2) is 43.7 Å². The van der Waals surface area contributed by atoms with Crippen molar-refractivity contribution >= 4 is 15.9 Å². The van der Waals surface area contributed by atoms with Crippen LogP contribution in [0.3, 0.4) is 0 Å². The zero-order valence-electron chi connectivity index (χ0n) is 18.9. The average Bonchev–Trinajstić information content (AvgIpc) is 2.73. The summed E-state index contributed by atoms with van der Waals surface area (Å²) in [5.74, 6) is -0.515. The van der Waals surface area contributed by atoms with Gasteiger partial charge in [-0.3, -0.25) is 4.79 Å². The van der Waals surface area contributed by atoms with Crippen molar-refractivity contribution in [2.45, 2.75) is 52.0 Å². The van der Waals surface area contributed by atoms with E-state index < -0.39 is 10.0 Å². The maximum atomic E-state index is 13.4. The number of carbonyl (C=O) groups excluding carboxylic acids is 1. The predicted octanol–water partition coefficient (Wildman–Crippen LogP) is 4.12. The van der Waals surface area contributed by atoms with Crippen LogP contribution in [0.15, 0.2) is 35.2 Å². The first-order valence-electron chi connectivity index (χ1n) is 10.6. The van der Waals surface area contributed by atoms with Crippen LogP contribution in [0.4, 0.5) is 4.39 Å². The lowest BCUT2D eigenvalue weighted by Crippen LogP contribution is -2.43. The Balaban J connectivity index is 1.69. The molecule has 1 fully saturated rings. The summed E-state index contributed by atoms with van der Waals surface area (Å²) in [4.78, 5) is 14.9. The molecule has 0 unspecified atom stereocenters. The van der Waals surface area contributed by atoms with Crippen LogP contribution in [0.5, 0.6) is 0 Å². The van der Waals surface area contributed by atoms with Gasteiger partial charge in [0.1, 0.15) is 5.82 Å². The van der Waals surface area contributed by atoms with Crippen LogP contribution < -0.4 is 0 Å². The molecule has 0 aromatic heterocycles. The monoisotopic (exact) mass is 446 g/mol. The SMILES string of the molecule is Cc1cc(C)c(C)c(S(=O)(=O)N2CCC(C(=O)N(C)Cc3ccc(F)cc3)CC2)c1C. The van der Waals surface area contributed by atoms with Crippen molar-refractivity contribution in [3.05, 3.63) is 64.0 Å². The van der Waals surface area contributed by atoms with Crippen molar-refractivity contribution < 1.29 is 17.6 Å². The number of halogens is 1. The summed E-state index contributed by atoms with van der Waals surface area (Å²) in [5.41, 5.74) is 4.38. The smallest absolute Gasteiger partial charge is 0.243 e. The molecule has 1 saturated heterocycles. The highest BCUT2D eigenvalue weighted by molar-refractivity contribution is 7.89. The summed E-state index contributed by atoms with van der Waals surface area (Å²) in [6.07, 6.45) is 0.990. The van der Waals surface area contributed by atoms with Gasteiger partial charge in [-0.15, -0.1) is 0 Å². The average molecular weight is 447 g/mol. The first-order chi connectivity index (χ1) is 14.5. The van der Waals surface area contributed by atoms with E-state index in [0.29, 0.717) is 37.4 Å². The molecule has 0 spiro atoms. The molecular formula is C24H31FN2O3S. The van der Waals surface area contributed by atoms with Crippen molar-refractivity contribution in [3.8, 4) is 0 Å².